The Bertz CT molecular complexity index is 365. The van der Waals surface area contributed by atoms with Crippen LogP contribution < -0.4 is 5.73 Å². The van der Waals surface area contributed by atoms with E-state index in [1.165, 1.54) is 0 Å². The van der Waals surface area contributed by atoms with Gasteiger partial charge >= 0.3 is 0 Å². The highest BCUT2D eigenvalue weighted by Gasteiger charge is 2.23. The number of ether oxygens (including phenoxy) is 2. The highest BCUT2D eigenvalue weighted by Crippen LogP contribution is 2.12. The Morgan fingerprint density at radius 2 is 2.25 bits per heavy atom. The molecule has 0 spiro atoms. The van der Waals surface area contributed by atoms with E-state index < -0.39 is 0 Å². The molecule has 4 nitrogen and oxygen atoms in total. The zero-order valence-corrected chi connectivity index (χ0v) is 9.30. The van der Waals surface area contributed by atoms with E-state index in [2.05, 4.69) is 4.99 Å². The topological polar surface area (TPSA) is 56.8 Å². The molecule has 0 aliphatic carbocycles. The van der Waals surface area contributed by atoms with Crippen molar-refractivity contribution in [2.24, 2.45) is 10.7 Å². The van der Waals surface area contributed by atoms with Gasteiger partial charge in [0.25, 0.3) is 6.02 Å². The number of aliphatic imine (C=N–C) groups is 1. The molecule has 4 heteroatoms. The van der Waals surface area contributed by atoms with Crippen LogP contribution in [0.1, 0.15) is 12.5 Å². The van der Waals surface area contributed by atoms with Gasteiger partial charge in [0.05, 0.1) is 12.7 Å². The van der Waals surface area contributed by atoms with E-state index >= 15 is 0 Å². The zero-order chi connectivity index (χ0) is 11.4. The van der Waals surface area contributed by atoms with Crippen LogP contribution >= 0.6 is 0 Å². The lowest BCUT2D eigenvalue weighted by Crippen LogP contribution is -2.25. The van der Waals surface area contributed by atoms with Crippen molar-refractivity contribution in [2.75, 3.05) is 6.61 Å². The molecule has 1 aromatic rings. The molecule has 0 amide bonds. The second-order valence-electron chi connectivity index (χ2n) is 3.85. The summed E-state index contributed by atoms with van der Waals surface area (Å²) in [6, 6.07) is 10.3. The lowest BCUT2D eigenvalue weighted by atomic mass is 10.2. The summed E-state index contributed by atoms with van der Waals surface area (Å²) in [4.78, 5) is 4.15. The minimum Gasteiger partial charge on any atom is -0.463 e. The molecule has 1 aliphatic rings. The fourth-order valence-electron chi connectivity index (χ4n) is 1.56. The van der Waals surface area contributed by atoms with E-state index in [0.717, 1.165) is 5.56 Å². The minimum absolute atomic E-state index is 0.0151. The molecule has 1 aliphatic heterocycles. The first-order chi connectivity index (χ1) is 7.75. The number of amidine groups is 1. The molecule has 16 heavy (non-hydrogen) atoms. The van der Waals surface area contributed by atoms with Gasteiger partial charge in [-0.15, -0.1) is 0 Å². The summed E-state index contributed by atoms with van der Waals surface area (Å²) in [5.74, 6) is 0. The summed E-state index contributed by atoms with van der Waals surface area (Å²) < 4.78 is 10.8. The standard InChI is InChI=1S/C12H16N2O2/c1-9(11-8-16-12(13)14-11)15-7-10-5-3-2-4-6-10/h2-6,9,11H,7-8H2,1H3,(H2,13,14)/t9-,11?/m1/s1. The molecule has 0 radical (unpaired) electrons. The Balaban J connectivity index is 1.82. The fraction of sp³-hybridized carbons (Fsp3) is 0.417. The molecule has 86 valence electrons. The molecule has 0 bridgehead atoms. The van der Waals surface area contributed by atoms with Gasteiger partial charge in [-0.05, 0) is 12.5 Å². The van der Waals surface area contributed by atoms with Crippen LogP contribution in [0.5, 0.6) is 0 Å². The summed E-state index contributed by atoms with van der Waals surface area (Å²) in [5, 5.41) is 0. The van der Waals surface area contributed by atoms with Crippen molar-refractivity contribution >= 4 is 6.02 Å². The average Bonchev–Trinajstić information content (AvgIpc) is 2.74. The van der Waals surface area contributed by atoms with Gasteiger partial charge in [-0.25, -0.2) is 4.99 Å². The van der Waals surface area contributed by atoms with Crippen molar-refractivity contribution in [3.05, 3.63) is 35.9 Å². The number of hydrogen-bond acceptors (Lipinski definition) is 4. The Hall–Kier alpha value is -1.55. The van der Waals surface area contributed by atoms with Gasteiger partial charge in [-0.1, -0.05) is 30.3 Å². The van der Waals surface area contributed by atoms with E-state index in [9.17, 15) is 0 Å². The number of nitrogens with zero attached hydrogens (tertiary/aromatic N) is 1. The van der Waals surface area contributed by atoms with Crippen LogP contribution in [0, 0.1) is 0 Å². The third kappa shape index (κ3) is 2.73. The van der Waals surface area contributed by atoms with Crippen molar-refractivity contribution in [1.82, 2.24) is 0 Å². The Kier molecular flexibility index (Phi) is 3.41. The highest BCUT2D eigenvalue weighted by molar-refractivity contribution is 5.73. The molecule has 2 N–H and O–H groups in total. The summed E-state index contributed by atoms with van der Waals surface area (Å²) in [5.41, 5.74) is 6.60. The number of nitrogens with two attached hydrogens (primary N) is 1. The maximum Gasteiger partial charge on any atom is 0.282 e. The van der Waals surface area contributed by atoms with Gasteiger partial charge in [0, 0.05) is 0 Å². The first kappa shape index (κ1) is 11.0. The van der Waals surface area contributed by atoms with E-state index in [4.69, 9.17) is 15.2 Å². The fourth-order valence-corrected chi connectivity index (χ4v) is 1.56. The van der Waals surface area contributed by atoms with Gasteiger partial charge in [0.15, 0.2) is 0 Å². The third-order valence-corrected chi connectivity index (χ3v) is 2.59. The van der Waals surface area contributed by atoms with Crippen LogP contribution in [0.15, 0.2) is 35.3 Å². The molecule has 1 heterocycles. The highest BCUT2D eigenvalue weighted by atomic mass is 16.5. The van der Waals surface area contributed by atoms with Crippen LogP contribution in [-0.4, -0.2) is 24.8 Å². The summed E-state index contributed by atoms with van der Waals surface area (Å²) in [7, 11) is 0. The third-order valence-electron chi connectivity index (χ3n) is 2.59. The van der Waals surface area contributed by atoms with E-state index in [1.807, 2.05) is 37.3 Å². The first-order valence-corrected chi connectivity index (χ1v) is 5.37. The second-order valence-corrected chi connectivity index (χ2v) is 3.85. The van der Waals surface area contributed by atoms with Crippen LogP contribution in [-0.2, 0) is 16.1 Å². The summed E-state index contributed by atoms with van der Waals surface area (Å²) in [6.07, 6.45) is 0.0151. The van der Waals surface area contributed by atoms with Crippen LogP contribution in [0.3, 0.4) is 0 Å². The van der Waals surface area contributed by atoms with E-state index in [0.29, 0.717) is 13.2 Å². The maximum absolute atomic E-state index is 5.72. The van der Waals surface area contributed by atoms with Gasteiger partial charge in [0.1, 0.15) is 12.6 Å². The van der Waals surface area contributed by atoms with Gasteiger partial charge in [-0.3, -0.25) is 0 Å². The quantitative estimate of drug-likeness (QED) is 0.832. The molecule has 1 unspecified atom stereocenters. The van der Waals surface area contributed by atoms with E-state index in [-0.39, 0.29) is 18.2 Å². The molecule has 0 saturated heterocycles. The van der Waals surface area contributed by atoms with Gasteiger partial charge in [0.2, 0.25) is 0 Å². The number of hydrogen-bond donors (Lipinski definition) is 1. The van der Waals surface area contributed by atoms with Crippen molar-refractivity contribution < 1.29 is 9.47 Å². The zero-order valence-electron chi connectivity index (χ0n) is 9.30. The normalized spacial score (nSPS) is 21.3. The van der Waals surface area contributed by atoms with Crippen molar-refractivity contribution in [3.63, 3.8) is 0 Å². The largest absolute Gasteiger partial charge is 0.463 e. The molecule has 0 fully saturated rings. The minimum atomic E-state index is 0.0151. The first-order valence-electron chi connectivity index (χ1n) is 5.37. The Morgan fingerprint density at radius 3 is 2.88 bits per heavy atom. The van der Waals surface area contributed by atoms with Crippen molar-refractivity contribution in [3.8, 4) is 0 Å². The lowest BCUT2D eigenvalue weighted by molar-refractivity contribution is 0.0310. The van der Waals surface area contributed by atoms with Gasteiger partial charge in [-0.2, -0.15) is 0 Å². The predicted octanol–water partition coefficient (Wildman–Crippen LogP) is 1.31. The maximum atomic E-state index is 5.72. The van der Waals surface area contributed by atoms with Crippen molar-refractivity contribution in [1.29, 1.82) is 0 Å². The molecule has 0 saturated carbocycles. The number of benzene rings is 1. The molecular weight excluding hydrogens is 204 g/mol. The van der Waals surface area contributed by atoms with Crippen molar-refractivity contribution in [2.45, 2.75) is 25.7 Å². The lowest BCUT2D eigenvalue weighted by Gasteiger charge is -2.16. The Morgan fingerprint density at radius 1 is 1.50 bits per heavy atom. The van der Waals surface area contributed by atoms with Gasteiger partial charge < -0.3 is 15.2 Å². The SMILES string of the molecule is C[C@@H](OCc1ccccc1)C1COC(N)=N1. The smallest absolute Gasteiger partial charge is 0.282 e. The molecular formula is C12H16N2O2. The molecule has 1 aromatic carbocycles. The Labute approximate surface area is 95.1 Å². The summed E-state index contributed by atoms with van der Waals surface area (Å²) in [6.45, 7) is 3.09. The van der Waals surface area contributed by atoms with Crippen LogP contribution in [0.2, 0.25) is 0 Å². The predicted molar refractivity (Wildman–Crippen MR) is 62.1 cm³/mol. The molecule has 0 aromatic heterocycles. The summed E-state index contributed by atoms with van der Waals surface area (Å²) >= 11 is 0. The second kappa shape index (κ2) is 4.99. The number of rotatable bonds is 4. The van der Waals surface area contributed by atoms with Crippen LogP contribution in [0.4, 0.5) is 0 Å². The van der Waals surface area contributed by atoms with E-state index in [1.54, 1.807) is 0 Å². The monoisotopic (exact) mass is 220 g/mol. The molecule has 2 rings (SSSR count). The van der Waals surface area contributed by atoms with Crippen LogP contribution in [0.25, 0.3) is 0 Å². The average molecular weight is 220 g/mol. The molecule has 2 atom stereocenters.